The normalized spacial score (nSPS) is 16.7. The summed E-state index contributed by atoms with van der Waals surface area (Å²) in [5.41, 5.74) is 2.52. The van der Waals surface area contributed by atoms with E-state index in [1.807, 2.05) is 18.2 Å². The van der Waals surface area contributed by atoms with Crippen LogP contribution in [0.25, 0.3) is 0 Å². The topological polar surface area (TPSA) is 63.2 Å². The van der Waals surface area contributed by atoms with Gasteiger partial charge in [0.1, 0.15) is 5.82 Å². The summed E-state index contributed by atoms with van der Waals surface area (Å²) in [6, 6.07) is 13.8. The minimum Gasteiger partial charge on any atom is -0.334 e. The lowest BCUT2D eigenvalue weighted by Gasteiger charge is -2.25. The molecule has 1 atom stereocenters. The first kappa shape index (κ1) is 20.5. The molecule has 156 valence electrons. The number of benzene rings is 2. The van der Waals surface area contributed by atoms with E-state index >= 15 is 0 Å². The van der Waals surface area contributed by atoms with Gasteiger partial charge >= 0.3 is 0 Å². The van der Waals surface area contributed by atoms with Crippen molar-refractivity contribution in [2.24, 2.45) is 0 Å². The van der Waals surface area contributed by atoms with Gasteiger partial charge in [0.25, 0.3) is 0 Å². The molecule has 0 amide bonds. The van der Waals surface area contributed by atoms with Gasteiger partial charge < -0.3 is 4.90 Å². The summed E-state index contributed by atoms with van der Waals surface area (Å²) < 4.78 is 38.4. The van der Waals surface area contributed by atoms with Crippen LogP contribution >= 0.6 is 0 Å². The van der Waals surface area contributed by atoms with Crippen LogP contribution in [-0.4, -0.2) is 30.7 Å². The van der Waals surface area contributed by atoms with Gasteiger partial charge in [-0.2, -0.15) is 0 Å². The van der Waals surface area contributed by atoms with Crippen LogP contribution in [0.4, 0.5) is 10.3 Å². The Morgan fingerprint density at radius 1 is 1.10 bits per heavy atom. The molecule has 1 fully saturated rings. The molecule has 5 nitrogen and oxygen atoms in total. The molecule has 1 unspecified atom stereocenters. The molecule has 1 aromatic heterocycles. The highest BCUT2D eigenvalue weighted by atomic mass is 32.2. The zero-order valence-electron chi connectivity index (χ0n) is 16.8. The van der Waals surface area contributed by atoms with E-state index in [4.69, 9.17) is 0 Å². The number of aromatic nitrogens is 2. The van der Waals surface area contributed by atoms with Gasteiger partial charge in [-0.05, 0) is 47.7 Å². The summed E-state index contributed by atoms with van der Waals surface area (Å²) in [6.45, 7) is 2.47. The summed E-state index contributed by atoms with van der Waals surface area (Å²) >= 11 is 0. The summed E-state index contributed by atoms with van der Waals surface area (Å²) in [5.74, 6) is 0.437. The van der Waals surface area contributed by atoms with E-state index in [0.29, 0.717) is 17.3 Å². The third kappa shape index (κ3) is 4.21. The number of hydrogen-bond donors (Lipinski definition) is 0. The van der Waals surface area contributed by atoms with Gasteiger partial charge in [-0.1, -0.05) is 37.3 Å². The molecular weight excluding hydrogens is 401 g/mol. The van der Waals surface area contributed by atoms with Crippen LogP contribution in [-0.2, 0) is 16.3 Å². The smallest absolute Gasteiger partial charge is 0.225 e. The third-order valence-corrected chi connectivity index (χ3v) is 7.35. The molecule has 0 N–H and O–H groups in total. The molecule has 30 heavy (non-hydrogen) atoms. The number of halogens is 1. The van der Waals surface area contributed by atoms with Crippen molar-refractivity contribution in [1.82, 2.24) is 9.97 Å². The predicted molar refractivity (Wildman–Crippen MR) is 115 cm³/mol. The molecule has 4 rings (SSSR count). The predicted octanol–water partition coefficient (Wildman–Crippen LogP) is 4.34. The first-order valence-electron chi connectivity index (χ1n) is 10.1. The maximum Gasteiger partial charge on any atom is 0.225 e. The van der Waals surface area contributed by atoms with E-state index in [2.05, 4.69) is 14.9 Å². The third-order valence-electron chi connectivity index (χ3n) is 5.52. The lowest BCUT2D eigenvalue weighted by Crippen LogP contribution is -2.24. The highest BCUT2D eigenvalue weighted by Crippen LogP contribution is 2.34. The average Bonchev–Trinajstić information content (AvgIpc) is 3.24. The van der Waals surface area contributed by atoms with Crippen LogP contribution in [0.2, 0.25) is 0 Å². The molecule has 0 aliphatic carbocycles. The van der Waals surface area contributed by atoms with Crippen molar-refractivity contribution < 1.29 is 12.8 Å². The fraction of sp³-hybridized carbons (Fsp3) is 0.304. The van der Waals surface area contributed by atoms with Crippen molar-refractivity contribution in [3.63, 3.8) is 0 Å². The lowest BCUT2D eigenvalue weighted by atomic mass is 10.0. The maximum atomic E-state index is 13.7. The molecule has 0 saturated carbocycles. The quantitative estimate of drug-likeness (QED) is 0.588. The van der Waals surface area contributed by atoms with Gasteiger partial charge in [0.15, 0.2) is 9.84 Å². The molecule has 2 heterocycles. The Bertz CT molecular complexity index is 1130. The molecule has 2 aromatic carbocycles. The number of hydrogen-bond acceptors (Lipinski definition) is 5. The first-order valence-corrected chi connectivity index (χ1v) is 11.8. The molecule has 0 spiro atoms. The second-order valence-corrected chi connectivity index (χ2v) is 9.73. The Morgan fingerprint density at radius 3 is 2.60 bits per heavy atom. The fourth-order valence-electron chi connectivity index (χ4n) is 3.98. The Kier molecular flexibility index (Phi) is 5.81. The summed E-state index contributed by atoms with van der Waals surface area (Å²) in [5, 5.41) is 0. The zero-order chi connectivity index (χ0) is 21.1. The van der Waals surface area contributed by atoms with Crippen molar-refractivity contribution in [1.29, 1.82) is 0 Å². The van der Waals surface area contributed by atoms with Crippen molar-refractivity contribution in [2.45, 2.75) is 37.1 Å². The summed E-state index contributed by atoms with van der Waals surface area (Å²) in [7, 11) is -3.29. The highest BCUT2D eigenvalue weighted by Gasteiger charge is 2.28. The summed E-state index contributed by atoms with van der Waals surface area (Å²) in [4.78, 5) is 11.5. The number of nitrogens with zero attached hydrogens (tertiary/aromatic N) is 3. The van der Waals surface area contributed by atoms with Gasteiger partial charge in [-0.25, -0.2) is 22.8 Å². The van der Waals surface area contributed by atoms with Crippen LogP contribution in [0, 0.1) is 5.82 Å². The van der Waals surface area contributed by atoms with Gasteiger partial charge in [0.2, 0.25) is 5.95 Å². The molecule has 1 aliphatic heterocycles. The zero-order valence-corrected chi connectivity index (χ0v) is 17.6. The summed E-state index contributed by atoms with van der Waals surface area (Å²) in [6.07, 6.45) is 5.87. The maximum absolute atomic E-state index is 13.7. The highest BCUT2D eigenvalue weighted by molar-refractivity contribution is 7.91. The van der Waals surface area contributed by atoms with E-state index < -0.39 is 9.84 Å². The second-order valence-electron chi connectivity index (χ2n) is 7.49. The van der Waals surface area contributed by atoms with Crippen LogP contribution in [0.3, 0.4) is 0 Å². The van der Waals surface area contributed by atoms with Gasteiger partial charge in [0.05, 0.1) is 16.7 Å². The van der Waals surface area contributed by atoms with E-state index in [1.54, 1.807) is 43.6 Å². The monoisotopic (exact) mass is 425 g/mol. The number of anilines is 1. The van der Waals surface area contributed by atoms with E-state index in [0.717, 1.165) is 36.1 Å². The Morgan fingerprint density at radius 2 is 1.87 bits per heavy atom. The minimum atomic E-state index is -3.29. The fourth-order valence-corrected chi connectivity index (χ4v) is 5.12. The van der Waals surface area contributed by atoms with Gasteiger partial charge in [-0.15, -0.1) is 0 Å². The molecule has 3 aromatic rings. The minimum absolute atomic E-state index is 0.0574. The molecule has 0 bridgehead atoms. The van der Waals surface area contributed by atoms with E-state index in [-0.39, 0.29) is 17.6 Å². The Hall–Kier alpha value is -2.80. The van der Waals surface area contributed by atoms with E-state index in [9.17, 15) is 12.8 Å². The standard InChI is InChI=1S/C23H24FN3O2S/c1-2-30(28,29)22-11-4-3-7-19(22)13-17-15-25-23(26-16-17)27-12-6-10-21(27)18-8-5-9-20(24)14-18/h3-5,7-9,11,14-16,21H,2,6,10,12-13H2,1H3. The van der Waals surface area contributed by atoms with Gasteiger partial charge in [-0.3, -0.25) is 0 Å². The Labute approximate surface area is 176 Å². The molecule has 1 saturated heterocycles. The largest absolute Gasteiger partial charge is 0.334 e. The van der Waals surface area contributed by atoms with Crippen molar-refractivity contribution in [2.75, 3.05) is 17.2 Å². The second kappa shape index (κ2) is 8.52. The van der Waals surface area contributed by atoms with E-state index in [1.165, 1.54) is 6.07 Å². The Balaban J connectivity index is 1.56. The van der Waals surface area contributed by atoms with Crippen LogP contribution in [0.15, 0.2) is 65.8 Å². The van der Waals surface area contributed by atoms with Crippen LogP contribution in [0.5, 0.6) is 0 Å². The first-order chi connectivity index (χ1) is 14.5. The molecule has 0 radical (unpaired) electrons. The molecule has 7 heteroatoms. The van der Waals surface area contributed by atoms with Crippen molar-refractivity contribution >= 4 is 15.8 Å². The van der Waals surface area contributed by atoms with Gasteiger partial charge in [0, 0.05) is 25.4 Å². The number of sulfone groups is 1. The molecule has 1 aliphatic rings. The lowest BCUT2D eigenvalue weighted by molar-refractivity contribution is 0.596. The average molecular weight is 426 g/mol. The van der Waals surface area contributed by atoms with Crippen molar-refractivity contribution in [3.05, 3.63) is 83.4 Å². The SMILES string of the molecule is CCS(=O)(=O)c1ccccc1Cc1cnc(N2CCCC2c2cccc(F)c2)nc1. The number of rotatable bonds is 6. The van der Waals surface area contributed by atoms with Crippen LogP contribution in [0.1, 0.15) is 42.5 Å². The van der Waals surface area contributed by atoms with Crippen LogP contribution < -0.4 is 4.90 Å². The molecular formula is C23H24FN3O2S. The van der Waals surface area contributed by atoms with Crippen molar-refractivity contribution in [3.8, 4) is 0 Å².